The van der Waals surface area contributed by atoms with Crippen molar-refractivity contribution in [1.82, 2.24) is 4.98 Å². The molecule has 6 heteroatoms. The second kappa shape index (κ2) is 6.06. The van der Waals surface area contributed by atoms with Gasteiger partial charge in [0.25, 0.3) is 0 Å². The van der Waals surface area contributed by atoms with Crippen LogP contribution in [0.5, 0.6) is 5.88 Å². The minimum absolute atomic E-state index is 0.0424. The zero-order valence-corrected chi connectivity index (χ0v) is 10.7. The molecule has 0 amide bonds. The van der Waals surface area contributed by atoms with E-state index in [0.717, 1.165) is 5.56 Å². The van der Waals surface area contributed by atoms with E-state index >= 15 is 0 Å². The summed E-state index contributed by atoms with van der Waals surface area (Å²) in [5.74, 6) is 0.270. The lowest BCUT2D eigenvalue weighted by molar-refractivity contribution is 0.292. The van der Waals surface area contributed by atoms with E-state index in [2.05, 4.69) is 10.1 Å². The molecule has 0 spiro atoms. The first-order valence-corrected chi connectivity index (χ1v) is 5.88. The van der Waals surface area contributed by atoms with E-state index in [4.69, 9.17) is 27.3 Å². The quantitative estimate of drug-likeness (QED) is 0.389. The van der Waals surface area contributed by atoms with Crippen LogP contribution in [-0.2, 0) is 6.61 Å². The van der Waals surface area contributed by atoms with E-state index in [1.165, 1.54) is 0 Å². The maximum Gasteiger partial charge on any atom is 0.224 e. The fourth-order valence-electron chi connectivity index (χ4n) is 1.49. The maximum absolute atomic E-state index is 8.69. The molecule has 0 radical (unpaired) electrons. The molecular weight excluding hydrogens is 266 g/mol. The number of amidine groups is 1. The summed E-state index contributed by atoms with van der Waals surface area (Å²) < 4.78 is 5.56. The number of rotatable bonds is 4. The minimum Gasteiger partial charge on any atom is -0.472 e. The minimum atomic E-state index is -0.0424. The number of oxime groups is 1. The molecule has 2 aromatic rings. The SMILES string of the molecule is NC(=NO)c1cccnc1OCc1ccc(Cl)cc1. The molecule has 0 unspecified atom stereocenters. The van der Waals surface area contributed by atoms with Crippen LogP contribution in [0, 0.1) is 0 Å². The average Bonchev–Trinajstić information content (AvgIpc) is 2.46. The van der Waals surface area contributed by atoms with Gasteiger partial charge < -0.3 is 15.7 Å². The fourth-order valence-corrected chi connectivity index (χ4v) is 1.61. The molecule has 1 aromatic carbocycles. The zero-order chi connectivity index (χ0) is 13.7. The molecule has 0 saturated heterocycles. The number of nitrogens with two attached hydrogens (primary N) is 1. The van der Waals surface area contributed by atoms with Crippen LogP contribution < -0.4 is 10.5 Å². The van der Waals surface area contributed by atoms with Gasteiger partial charge in [0.05, 0.1) is 5.56 Å². The molecule has 1 heterocycles. The number of ether oxygens (including phenoxy) is 1. The lowest BCUT2D eigenvalue weighted by Gasteiger charge is -2.09. The largest absolute Gasteiger partial charge is 0.472 e. The van der Waals surface area contributed by atoms with Gasteiger partial charge in [0, 0.05) is 11.2 Å². The molecule has 0 aliphatic heterocycles. The van der Waals surface area contributed by atoms with Crippen molar-refractivity contribution < 1.29 is 9.94 Å². The van der Waals surface area contributed by atoms with Crippen molar-refractivity contribution in [1.29, 1.82) is 0 Å². The molecule has 19 heavy (non-hydrogen) atoms. The van der Waals surface area contributed by atoms with Crippen molar-refractivity contribution in [2.45, 2.75) is 6.61 Å². The van der Waals surface area contributed by atoms with Gasteiger partial charge in [-0.1, -0.05) is 28.9 Å². The maximum atomic E-state index is 8.69. The van der Waals surface area contributed by atoms with Gasteiger partial charge in [-0.25, -0.2) is 4.98 Å². The van der Waals surface area contributed by atoms with Crippen molar-refractivity contribution in [2.24, 2.45) is 10.9 Å². The first-order valence-electron chi connectivity index (χ1n) is 5.51. The highest BCUT2D eigenvalue weighted by molar-refractivity contribution is 6.30. The molecular formula is C13H12ClN3O2. The molecule has 1 aromatic heterocycles. The van der Waals surface area contributed by atoms with Crippen molar-refractivity contribution in [2.75, 3.05) is 0 Å². The summed E-state index contributed by atoms with van der Waals surface area (Å²) in [5, 5.41) is 12.3. The van der Waals surface area contributed by atoms with E-state index < -0.39 is 0 Å². The van der Waals surface area contributed by atoms with Crippen molar-refractivity contribution in [3.8, 4) is 5.88 Å². The van der Waals surface area contributed by atoms with Crippen LogP contribution in [0.2, 0.25) is 5.02 Å². The number of hydrogen-bond acceptors (Lipinski definition) is 4. The number of nitrogens with zero attached hydrogens (tertiary/aromatic N) is 2. The van der Waals surface area contributed by atoms with E-state index in [1.807, 2.05) is 12.1 Å². The smallest absolute Gasteiger partial charge is 0.224 e. The van der Waals surface area contributed by atoms with Gasteiger partial charge in [-0.2, -0.15) is 0 Å². The van der Waals surface area contributed by atoms with E-state index in [1.54, 1.807) is 30.5 Å². The third-order valence-corrected chi connectivity index (χ3v) is 2.70. The molecule has 0 fully saturated rings. The topological polar surface area (TPSA) is 80.7 Å². The number of aromatic nitrogens is 1. The Morgan fingerprint density at radius 2 is 2.05 bits per heavy atom. The second-order valence-corrected chi connectivity index (χ2v) is 4.19. The van der Waals surface area contributed by atoms with Gasteiger partial charge in [-0.15, -0.1) is 0 Å². The molecule has 0 saturated carbocycles. The van der Waals surface area contributed by atoms with E-state index in [0.29, 0.717) is 23.1 Å². The normalized spacial score (nSPS) is 11.3. The Labute approximate surface area is 115 Å². The monoisotopic (exact) mass is 277 g/mol. The van der Waals surface area contributed by atoms with E-state index in [9.17, 15) is 0 Å². The second-order valence-electron chi connectivity index (χ2n) is 3.76. The highest BCUT2D eigenvalue weighted by Crippen LogP contribution is 2.16. The third kappa shape index (κ3) is 3.35. The summed E-state index contributed by atoms with van der Waals surface area (Å²) >= 11 is 5.80. The van der Waals surface area contributed by atoms with E-state index in [-0.39, 0.29) is 5.84 Å². The number of hydrogen-bond donors (Lipinski definition) is 2. The molecule has 3 N–H and O–H groups in total. The summed E-state index contributed by atoms with van der Waals surface area (Å²) in [4.78, 5) is 4.06. The Morgan fingerprint density at radius 3 is 2.74 bits per heavy atom. The van der Waals surface area contributed by atoms with Gasteiger partial charge in [0.1, 0.15) is 6.61 Å². The van der Waals surface area contributed by atoms with Gasteiger partial charge in [0.15, 0.2) is 5.84 Å². The third-order valence-electron chi connectivity index (χ3n) is 2.44. The summed E-state index contributed by atoms with van der Waals surface area (Å²) in [6.45, 7) is 0.319. The van der Waals surface area contributed by atoms with Gasteiger partial charge in [-0.3, -0.25) is 0 Å². The number of pyridine rings is 1. The van der Waals surface area contributed by atoms with Crippen LogP contribution in [0.15, 0.2) is 47.8 Å². The molecule has 98 valence electrons. The lowest BCUT2D eigenvalue weighted by Crippen LogP contribution is -2.15. The summed E-state index contributed by atoms with van der Waals surface area (Å²) in [7, 11) is 0. The van der Waals surface area contributed by atoms with Crippen LogP contribution in [-0.4, -0.2) is 16.0 Å². The molecule has 5 nitrogen and oxygen atoms in total. The number of benzene rings is 1. The predicted molar refractivity (Wildman–Crippen MR) is 72.5 cm³/mol. The molecule has 0 bridgehead atoms. The Hall–Kier alpha value is -2.27. The Morgan fingerprint density at radius 1 is 1.32 bits per heavy atom. The summed E-state index contributed by atoms with van der Waals surface area (Å²) in [6.07, 6.45) is 1.57. The van der Waals surface area contributed by atoms with Crippen molar-refractivity contribution in [3.05, 3.63) is 58.7 Å². The summed E-state index contributed by atoms with van der Waals surface area (Å²) in [6, 6.07) is 10.6. The van der Waals surface area contributed by atoms with Gasteiger partial charge in [0.2, 0.25) is 5.88 Å². The predicted octanol–water partition coefficient (Wildman–Crippen LogP) is 2.41. The highest BCUT2D eigenvalue weighted by atomic mass is 35.5. The van der Waals surface area contributed by atoms with Crippen LogP contribution in [0.25, 0.3) is 0 Å². The highest BCUT2D eigenvalue weighted by Gasteiger charge is 2.09. The fraction of sp³-hybridized carbons (Fsp3) is 0.0769. The Balaban J connectivity index is 2.13. The lowest BCUT2D eigenvalue weighted by atomic mass is 10.2. The van der Waals surface area contributed by atoms with Crippen molar-refractivity contribution >= 4 is 17.4 Å². The zero-order valence-electron chi connectivity index (χ0n) is 9.95. The van der Waals surface area contributed by atoms with Gasteiger partial charge >= 0.3 is 0 Å². The first kappa shape index (κ1) is 13.2. The standard InChI is InChI=1S/C13H12ClN3O2/c14-10-5-3-9(4-6-10)8-19-13-11(12(15)17-18)2-1-7-16-13/h1-7,18H,8H2,(H2,15,17). The average molecular weight is 278 g/mol. The van der Waals surface area contributed by atoms with Crippen LogP contribution in [0.4, 0.5) is 0 Å². The van der Waals surface area contributed by atoms with Crippen LogP contribution >= 0.6 is 11.6 Å². The van der Waals surface area contributed by atoms with Crippen molar-refractivity contribution in [3.63, 3.8) is 0 Å². The first-order chi connectivity index (χ1) is 9.20. The van der Waals surface area contributed by atoms with Crippen LogP contribution in [0.1, 0.15) is 11.1 Å². The summed E-state index contributed by atoms with van der Waals surface area (Å²) in [5.41, 5.74) is 6.93. The molecule has 2 rings (SSSR count). The Kier molecular flexibility index (Phi) is 4.20. The number of halogens is 1. The molecule has 0 aliphatic carbocycles. The Bertz CT molecular complexity index is 585. The molecule has 0 aliphatic rings. The van der Waals surface area contributed by atoms with Gasteiger partial charge in [-0.05, 0) is 29.8 Å². The molecule has 0 atom stereocenters. The van der Waals surface area contributed by atoms with Crippen LogP contribution in [0.3, 0.4) is 0 Å².